The zero-order valence-corrected chi connectivity index (χ0v) is 13.4. The molecule has 0 fully saturated rings. The van der Waals surface area contributed by atoms with Gasteiger partial charge in [-0.3, -0.25) is 4.79 Å². The number of likely N-dealkylation sites (N-methyl/N-ethyl adjacent to an activating group) is 1. The Kier molecular flexibility index (Phi) is 7.02. The average molecular weight is 294 g/mol. The lowest BCUT2D eigenvalue weighted by molar-refractivity contribution is -0.131. The molecule has 0 aliphatic rings. The second-order valence-corrected chi connectivity index (χ2v) is 5.04. The van der Waals surface area contributed by atoms with Crippen molar-refractivity contribution in [2.75, 3.05) is 27.3 Å². The van der Waals surface area contributed by atoms with Crippen LogP contribution in [0.4, 0.5) is 0 Å². The maximum Gasteiger partial charge on any atom is 0.260 e. The molecule has 0 saturated heterocycles. The van der Waals surface area contributed by atoms with E-state index in [-0.39, 0.29) is 18.6 Å². The van der Waals surface area contributed by atoms with Crippen LogP contribution in [-0.2, 0) is 11.2 Å². The Hall–Kier alpha value is -1.75. The van der Waals surface area contributed by atoms with Crippen molar-refractivity contribution >= 4 is 5.91 Å². The summed E-state index contributed by atoms with van der Waals surface area (Å²) in [7, 11) is 3.38. The van der Waals surface area contributed by atoms with Crippen molar-refractivity contribution in [3.8, 4) is 11.5 Å². The number of rotatable bonds is 8. The zero-order chi connectivity index (χ0) is 15.8. The van der Waals surface area contributed by atoms with Crippen LogP contribution in [-0.4, -0.2) is 44.2 Å². The summed E-state index contributed by atoms with van der Waals surface area (Å²) >= 11 is 0. The third-order valence-electron chi connectivity index (χ3n) is 3.53. The largest absolute Gasteiger partial charge is 0.497 e. The van der Waals surface area contributed by atoms with Gasteiger partial charge in [0.15, 0.2) is 6.61 Å². The summed E-state index contributed by atoms with van der Waals surface area (Å²) in [5.74, 6) is 1.41. The highest BCUT2D eigenvalue weighted by atomic mass is 16.5. The monoisotopic (exact) mass is 294 g/mol. The molecule has 0 aliphatic carbocycles. The van der Waals surface area contributed by atoms with Crippen molar-refractivity contribution in [1.29, 1.82) is 0 Å². The molecular formula is C16H26N2O3. The van der Waals surface area contributed by atoms with Crippen LogP contribution in [0.3, 0.4) is 0 Å². The van der Waals surface area contributed by atoms with E-state index in [1.165, 1.54) is 0 Å². The molecule has 21 heavy (non-hydrogen) atoms. The minimum Gasteiger partial charge on any atom is -0.497 e. The first kappa shape index (κ1) is 17.3. The Labute approximate surface area is 127 Å². The molecule has 0 radical (unpaired) electrons. The van der Waals surface area contributed by atoms with Gasteiger partial charge in [0.25, 0.3) is 5.91 Å². The Balaban J connectivity index is 2.82. The second-order valence-electron chi connectivity index (χ2n) is 5.04. The molecule has 1 atom stereocenters. The maximum atomic E-state index is 11.8. The topological polar surface area (TPSA) is 64.8 Å². The predicted molar refractivity (Wildman–Crippen MR) is 83.8 cm³/mol. The van der Waals surface area contributed by atoms with Gasteiger partial charge in [0, 0.05) is 19.6 Å². The average Bonchev–Trinajstić information content (AvgIpc) is 2.52. The standard InChI is InChI=1S/C16H26N2O3/c1-5-13(17)9-12-10-14(20-4)7-8-15(12)21-11-16(19)18(3)6-2/h7-8,10,13H,5-6,9,11,17H2,1-4H3. The summed E-state index contributed by atoms with van der Waals surface area (Å²) in [5.41, 5.74) is 6.99. The number of methoxy groups -OCH3 is 1. The molecule has 0 spiro atoms. The smallest absolute Gasteiger partial charge is 0.260 e. The third kappa shape index (κ3) is 5.27. The van der Waals surface area contributed by atoms with Crippen molar-refractivity contribution < 1.29 is 14.3 Å². The summed E-state index contributed by atoms with van der Waals surface area (Å²) in [5, 5.41) is 0. The van der Waals surface area contributed by atoms with Gasteiger partial charge < -0.3 is 20.1 Å². The highest BCUT2D eigenvalue weighted by molar-refractivity contribution is 5.77. The van der Waals surface area contributed by atoms with Gasteiger partial charge in [-0.25, -0.2) is 0 Å². The van der Waals surface area contributed by atoms with Crippen LogP contribution in [0.25, 0.3) is 0 Å². The molecule has 2 N–H and O–H groups in total. The number of carbonyl (C=O) groups is 1. The normalized spacial score (nSPS) is 11.9. The van der Waals surface area contributed by atoms with Crippen LogP contribution in [0.5, 0.6) is 11.5 Å². The predicted octanol–water partition coefficient (Wildman–Crippen LogP) is 1.83. The van der Waals surface area contributed by atoms with Crippen LogP contribution in [0.2, 0.25) is 0 Å². The minimum atomic E-state index is -0.0425. The van der Waals surface area contributed by atoms with E-state index >= 15 is 0 Å². The summed E-state index contributed by atoms with van der Waals surface area (Å²) in [4.78, 5) is 13.4. The minimum absolute atomic E-state index is 0.0328. The molecule has 1 amide bonds. The Morgan fingerprint density at radius 3 is 2.67 bits per heavy atom. The number of amides is 1. The van der Waals surface area contributed by atoms with Crippen molar-refractivity contribution in [3.05, 3.63) is 23.8 Å². The van der Waals surface area contributed by atoms with E-state index in [1.807, 2.05) is 32.0 Å². The van der Waals surface area contributed by atoms with E-state index in [0.29, 0.717) is 18.7 Å². The molecule has 0 heterocycles. The first-order chi connectivity index (χ1) is 10.0. The molecule has 0 saturated carbocycles. The molecule has 5 heteroatoms. The van der Waals surface area contributed by atoms with Crippen LogP contribution in [0.15, 0.2) is 18.2 Å². The Morgan fingerprint density at radius 1 is 1.38 bits per heavy atom. The highest BCUT2D eigenvalue weighted by Gasteiger charge is 2.12. The van der Waals surface area contributed by atoms with E-state index in [2.05, 4.69) is 0 Å². The first-order valence-electron chi connectivity index (χ1n) is 7.31. The third-order valence-corrected chi connectivity index (χ3v) is 3.53. The number of hydrogen-bond donors (Lipinski definition) is 1. The summed E-state index contributed by atoms with van der Waals surface area (Å²) in [6, 6.07) is 5.63. The molecular weight excluding hydrogens is 268 g/mol. The van der Waals surface area contributed by atoms with E-state index in [9.17, 15) is 4.79 Å². The van der Waals surface area contributed by atoms with Crippen molar-refractivity contribution in [2.45, 2.75) is 32.7 Å². The van der Waals surface area contributed by atoms with Gasteiger partial charge in [0.1, 0.15) is 11.5 Å². The zero-order valence-electron chi connectivity index (χ0n) is 13.4. The van der Waals surface area contributed by atoms with Crippen molar-refractivity contribution in [1.82, 2.24) is 4.90 Å². The molecule has 1 unspecified atom stereocenters. The lowest BCUT2D eigenvalue weighted by Gasteiger charge is -2.18. The van der Waals surface area contributed by atoms with Crippen molar-refractivity contribution in [2.24, 2.45) is 5.73 Å². The number of nitrogens with two attached hydrogens (primary N) is 1. The van der Waals surface area contributed by atoms with Crippen molar-refractivity contribution in [3.63, 3.8) is 0 Å². The molecule has 1 rings (SSSR count). The van der Waals surface area contributed by atoms with E-state index in [4.69, 9.17) is 15.2 Å². The fourth-order valence-electron chi connectivity index (χ4n) is 1.84. The first-order valence-corrected chi connectivity index (χ1v) is 7.31. The van der Waals surface area contributed by atoms with Gasteiger partial charge in [-0.15, -0.1) is 0 Å². The van der Waals surface area contributed by atoms with Gasteiger partial charge in [-0.1, -0.05) is 6.92 Å². The summed E-state index contributed by atoms with van der Waals surface area (Å²) < 4.78 is 10.9. The number of nitrogens with zero attached hydrogens (tertiary/aromatic N) is 1. The fraction of sp³-hybridized carbons (Fsp3) is 0.562. The Morgan fingerprint density at radius 2 is 2.10 bits per heavy atom. The second kappa shape index (κ2) is 8.52. The van der Waals surface area contributed by atoms with Gasteiger partial charge >= 0.3 is 0 Å². The SMILES string of the molecule is CCC(N)Cc1cc(OC)ccc1OCC(=O)N(C)CC. The summed E-state index contributed by atoms with van der Waals surface area (Å²) in [6.07, 6.45) is 1.58. The van der Waals surface area contributed by atoms with Gasteiger partial charge in [0.05, 0.1) is 7.11 Å². The number of carbonyl (C=O) groups excluding carboxylic acids is 1. The number of hydrogen-bond acceptors (Lipinski definition) is 4. The Bertz CT molecular complexity index is 463. The van der Waals surface area contributed by atoms with Crippen LogP contribution in [0.1, 0.15) is 25.8 Å². The van der Waals surface area contributed by atoms with Crippen LogP contribution in [0, 0.1) is 0 Å². The molecule has 118 valence electrons. The van der Waals surface area contributed by atoms with E-state index in [0.717, 1.165) is 17.7 Å². The quantitative estimate of drug-likeness (QED) is 0.794. The summed E-state index contributed by atoms with van der Waals surface area (Å²) in [6.45, 7) is 4.67. The lowest BCUT2D eigenvalue weighted by atomic mass is 10.0. The molecule has 1 aromatic carbocycles. The molecule has 5 nitrogen and oxygen atoms in total. The van der Waals surface area contributed by atoms with Gasteiger partial charge in [-0.05, 0) is 43.5 Å². The van der Waals surface area contributed by atoms with Crippen LogP contribution >= 0.6 is 0 Å². The molecule has 1 aromatic rings. The highest BCUT2D eigenvalue weighted by Crippen LogP contribution is 2.25. The van der Waals surface area contributed by atoms with E-state index < -0.39 is 0 Å². The molecule has 0 bridgehead atoms. The van der Waals surface area contributed by atoms with Crippen LogP contribution < -0.4 is 15.2 Å². The maximum absolute atomic E-state index is 11.8. The number of benzene rings is 1. The molecule has 0 aromatic heterocycles. The fourth-order valence-corrected chi connectivity index (χ4v) is 1.84. The number of ether oxygens (including phenoxy) is 2. The van der Waals surface area contributed by atoms with Gasteiger partial charge in [0.2, 0.25) is 0 Å². The lowest BCUT2D eigenvalue weighted by Crippen LogP contribution is -2.31. The van der Waals surface area contributed by atoms with E-state index in [1.54, 1.807) is 19.1 Å². The molecule has 0 aliphatic heterocycles. The van der Waals surface area contributed by atoms with Gasteiger partial charge in [-0.2, -0.15) is 0 Å².